The molecule has 1 fully saturated rings. The molecule has 1 aliphatic heterocycles. The summed E-state index contributed by atoms with van der Waals surface area (Å²) in [7, 11) is 1.60. The minimum absolute atomic E-state index is 0.0465. The van der Waals surface area contributed by atoms with Crippen molar-refractivity contribution in [1.29, 1.82) is 0 Å². The third kappa shape index (κ3) is 6.68. The van der Waals surface area contributed by atoms with Crippen LogP contribution >= 0.6 is 0 Å². The van der Waals surface area contributed by atoms with Crippen LogP contribution in [0.15, 0.2) is 47.1 Å². The number of carbonyl (C=O) groups is 3. The van der Waals surface area contributed by atoms with Gasteiger partial charge in [-0.1, -0.05) is 12.1 Å². The molecule has 2 aromatic rings. The van der Waals surface area contributed by atoms with Crippen LogP contribution in [0.3, 0.4) is 0 Å². The Kier molecular flexibility index (Phi) is 7.83. The van der Waals surface area contributed by atoms with Gasteiger partial charge >= 0.3 is 0 Å². The number of carbonyl (C=O) groups excluding carboxylic acids is 3. The minimum atomic E-state index is -0.130. The Morgan fingerprint density at radius 2 is 1.81 bits per heavy atom. The third-order valence-electron chi connectivity index (χ3n) is 5.48. The lowest BCUT2D eigenvalue weighted by Crippen LogP contribution is -2.48. The molecule has 1 saturated heterocycles. The standard InChI is InChI=1S/C23H30N4O4/c1-17(28)27-11-9-20(10-12-27)25-22(29)16-26(15-21-4-3-13-31-21)14-18-5-7-19(8-6-18)23(30)24-2/h3-8,13,20H,9-12,14-16H2,1-2H3,(H,24,30)(H,25,29). The summed E-state index contributed by atoms with van der Waals surface area (Å²) in [5.41, 5.74) is 1.60. The molecule has 3 rings (SSSR count). The fraction of sp³-hybridized carbons (Fsp3) is 0.435. The van der Waals surface area contributed by atoms with E-state index < -0.39 is 0 Å². The maximum Gasteiger partial charge on any atom is 0.251 e. The van der Waals surface area contributed by atoms with E-state index in [2.05, 4.69) is 10.6 Å². The van der Waals surface area contributed by atoms with Gasteiger partial charge in [0.2, 0.25) is 11.8 Å². The van der Waals surface area contributed by atoms with E-state index in [4.69, 9.17) is 4.42 Å². The van der Waals surface area contributed by atoms with Crippen LogP contribution in [0.4, 0.5) is 0 Å². The predicted octanol–water partition coefficient (Wildman–Crippen LogP) is 1.77. The Hall–Kier alpha value is -3.13. The van der Waals surface area contributed by atoms with Crippen molar-refractivity contribution in [3.8, 4) is 0 Å². The summed E-state index contributed by atoms with van der Waals surface area (Å²) in [6.07, 6.45) is 3.16. The number of amides is 3. The normalized spacial score (nSPS) is 14.5. The molecule has 1 aromatic carbocycles. The van der Waals surface area contributed by atoms with Crippen LogP contribution in [0.25, 0.3) is 0 Å². The van der Waals surface area contributed by atoms with Crippen molar-refractivity contribution in [1.82, 2.24) is 20.4 Å². The van der Waals surface area contributed by atoms with E-state index in [9.17, 15) is 14.4 Å². The molecule has 1 aliphatic rings. The summed E-state index contributed by atoms with van der Waals surface area (Å²) in [6.45, 7) is 4.20. The van der Waals surface area contributed by atoms with Gasteiger partial charge in [0, 0.05) is 45.2 Å². The van der Waals surface area contributed by atoms with Gasteiger partial charge in [-0.25, -0.2) is 0 Å². The summed E-state index contributed by atoms with van der Waals surface area (Å²) in [5, 5.41) is 5.71. The molecule has 3 amide bonds. The summed E-state index contributed by atoms with van der Waals surface area (Å²) in [5.74, 6) is 0.686. The highest BCUT2D eigenvalue weighted by Crippen LogP contribution is 2.13. The molecule has 166 valence electrons. The number of nitrogens with zero attached hydrogens (tertiary/aromatic N) is 2. The van der Waals surface area contributed by atoms with E-state index in [0.717, 1.165) is 24.2 Å². The molecule has 0 spiro atoms. The van der Waals surface area contributed by atoms with E-state index >= 15 is 0 Å². The number of piperidine rings is 1. The molecule has 31 heavy (non-hydrogen) atoms. The van der Waals surface area contributed by atoms with Gasteiger partial charge in [0.05, 0.1) is 19.4 Å². The predicted molar refractivity (Wildman–Crippen MR) is 116 cm³/mol. The zero-order valence-corrected chi connectivity index (χ0v) is 18.1. The zero-order valence-electron chi connectivity index (χ0n) is 18.1. The molecule has 2 N–H and O–H groups in total. The minimum Gasteiger partial charge on any atom is -0.468 e. The van der Waals surface area contributed by atoms with Crippen LogP contribution in [0.1, 0.15) is 41.4 Å². The van der Waals surface area contributed by atoms with Crippen molar-refractivity contribution in [2.45, 2.75) is 38.9 Å². The molecule has 0 bridgehead atoms. The van der Waals surface area contributed by atoms with Crippen molar-refractivity contribution >= 4 is 17.7 Å². The first-order valence-electron chi connectivity index (χ1n) is 10.5. The second-order valence-corrected chi connectivity index (χ2v) is 7.85. The van der Waals surface area contributed by atoms with E-state index in [0.29, 0.717) is 31.7 Å². The van der Waals surface area contributed by atoms with Crippen LogP contribution in [0.5, 0.6) is 0 Å². The quantitative estimate of drug-likeness (QED) is 0.671. The maximum absolute atomic E-state index is 12.7. The van der Waals surface area contributed by atoms with E-state index in [-0.39, 0.29) is 30.3 Å². The monoisotopic (exact) mass is 426 g/mol. The molecule has 0 radical (unpaired) electrons. The van der Waals surface area contributed by atoms with Gasteiger partial charge in [0.15, 0.2) is 0 Å². The molecule has 0 aliphatic carbocycles. The summed E-state index contributed by atoms with van der Waals surface area (Å²) >= 11 is 0. The van der Waals surface area contributed by atoms with Gasteiger partial charge in [-0.15, -0.1) is 0 Å². The highest BCUT2D eigenvalue weighted by Gasteiger charge is 2.23. The second kappa shape index (κ2) is 10.8. The number of rotatable bonds is 8. The van der Waals surface area contributed by atoms with Crippen LogP contribution in [0.2, 0.25) is 0 Å². The summed E-state index contributed by atoms with van der Waals surface area (Å²) in [6, 6.07) is 11.2. The summed E-state index contributed by atoms with van der Waals surface area (Å²) < 4.78 is 5.47. The average Bonchev–Trinajstić information content (AvgIpc) is 3.27. The number of hydrogen-bond donors (Lipinski definition) is 2. The van der Waals surface area contributed by atoms with Gasteiger partial charge in [0.1, 0.15) is 5.76 Å². The van der Waals surface area contributed by atoms with E-state index in [1.165, 1.54) is 0 Å². The lowest BCUT2D eigenvalue weighted by atomic mass is 10.0. The lowest BCUT2D eigenvalue weighted by Gasteiger charge is -2.32. The van der Waals surface area contributed by atoms with Crippen LogP contribution in [-0.2, 0) is 22.7 Å². The van der Waals surface area contributed by atoms with Crippen molar-refractivity contribution in [2.24, 2.45) is 0 Å². The number of benzene rings is 1. The first-order chi connectivity index (χ1) is 14.9. The molecule has 2 heterocycles. The topological polar surface area (TPSA) is 94.9 Å². The number of likely N-dealkylation sites (tertiary alicyclic amines) is 1. The first-order valence-corrected chi connectivity index (χ1v) is 10.5. The molecule has 1 aromatic heterocycles. The van der Waals surface area contributed by atoms with E-state index in [1.54, 1.807) is 32.4 Å². The zero-order chi connectivity index (χ0) is 22.2. The number of nitrogens with one attached hydrogen (secondary N) is 2. The van der Waals surface area contributed by atoms with Crippen molar-refractivity contribution in [3.63, 3.8) is 0 Å². The van der Waals surface area contributed by atoms with Crippen LogP contribution in [0, 0.1) is 0 Å². The largest absolute Gasteiger partial charge is 0.468 e. The van der Waals surface area contributed by atoms with Gasteiger partial charge < -0.3 is 20.0 Å². The fourth-order valence-corrected chi connectivity index (χ4v) is 3.77. The lowest BCUT2D eigenvalue weighted by molar-refractivity contribution is -0.130. The smallest absolute Gasteiger partial charge is 0.251 e. The van der Waals surface area contributed by atoms with Gasteiger partial charge in [0.25, 0.3) is 5.91 Å². The van der Waals surface area contributed by atoms with Gasteiger partial charge in [-0.05, 0) is 42.7 Å². The Balaban J connectivity index is 1.59. The fourth-order valence-electron chi connectivity index (χ4n) is 3.77. The third-order valence-corrected chi connectivity index (χ3v) is 5.48. The number of furan rings is 1. The summed E-state index contributed by atoms with van der Waals surface area (Å²) in [4.78, 5) is 39.8. The second-order valence-electron chi connectivity index (χ2n) is 7.85. The molecule has 0 saturated carbocycles. The first kappa shape index (κ1) is 22.6. The van der Waals surface area contributed by atoms with Crippen molar-refractivity contribution < 1.29 is 18.8 Å². The average molecular weight is 427 g/mol. The Morgan fingerprint density at radius 3 is 2.39 bits per heavy atom. The van der Waals surface area contributed by atoms with Gasteiger partial charge in [-0.2, -0.15) is 0 Å². The molecule has 0 unspecified atom stereocenters. The Labute approximate surface area is 182 Å². The SMILES string of the molecule is CNC(=O)c1ccc(CN(CC(=O)NC2CCN(C(C)=O)CC2)Cc2ccco2)cc1. The maximum atomic E-state index is 12.7. The van der Waals surface area contributed by atoms with Crippen molar-refractivity contribution in [3.05, 3.63) is 59.5 Å². The van der Waals surface area contributed by atoms with E-state index in [1.807, 2.05) is 34.1 Å². The molecule has 8 nitrogen and oxygen atoms in total. The molecular formula is C23H30N4O4. The molecular weight excluding hydrogens is 396 g/mol. The Bertz CT molecular complexity index is 871. The van der Waals surface area contributed by atoms with Crippen LogP contribution < -0.4 is 10.6 Å². The highest BCUT2D eigenvalue weighted by molar-refractivity contribution is 5.93. The molecule has 8 heteroatoms. The van der Waals surface area contributed by atoms with Gasteiger partial charge in [-0.3, -0.25) is 19.3 Å². The Morgan fingerprint density at radius 1 is 1.10 bits per heavy atom. The highest BCUT2D eigenvalue weighted by atomic mass is 16.3. The van der Waals surface area contributed by atoms with Crippen molar-refractivity contribution in [2.75, 3.05) is 26.7 Å². The van der Waals surface area contributed by atoms with Crippen LogP contribution in [-0.4, -0.2) is 60.2 Å². The number of hydrogen-bond acceptors (Lipinski definition) is 5. The molecule has 0 atom stereocenters.